The zero-order valence-electron chi connectivity index (χ0n) is 28.2. The number of hydrogen-bond donors (Lipinski definition) is 2. The summed E-state index contributed by atoms with van der Waals surface area (Å²) in [4.78, 5) is 24.8. The number of ether oxygens (including phenoxy) is 1. The fourth-order valence-electron chi connectivity index (χ4n) is 6.70. The van der Waals surface area contributed by atoms with E-state index in [1.807, 2.05) is 73.4 Å². The average Bonchev–Trinajstić information content (AvgIpc) is 3.78. The molecule has 14 nitrogen and oxygen atoms in total. The Morgan fingerprint density at radius 3 is 2.60 bits per heavy atom. The van der Waals surface area contributed by atoms with E-state index in [1.165, 1.54) is 0 Å². The van der Waals surface area contributed by atoms with Crippen molar-refractivity contribution in [1.82, 2.24) is 45.0 Å². The number of amides is 2. The molecule has 1 atom stereocenters. The molecule has 4 aromatic heterocycles. The number of nitrogens with zero attached hydrogens (tertiary/aromatic N) is 10. The van der Waals surface area contributed by atoms with E-state index in [4.69, 9.17) is 14.8 Å². The zero-order chi connectivity index (χ0) is 34.5. The number of nitriles is 1. The Kier molecular flexibility index (Phi) is 9.75. The van der Waals surface area contributed by atoms with Gasteiger partial charge in [-0.3, -0.25) is 9.58 Å². The van der Waals surface area contributed by atoms with Crippen molar-refractivity contribution in [2.24, 2.45) is 7.05 Å². The lowest BCUT2D eigenvalue weighted by Gasteiger charge is -2.36. The highest BCUT2D eigenvalue weighted by Gasteiger charge is 2.32. The van der Waals surface area contributed by atoms with Crippen molar-refractivity contribution in [3.63, 3.8) is 0 Å². The molecule has 2 N–H and O–H groups in total. The highest BCUT2D eigenvalue weighted by atomic mass is 16.5. The summed E-state index contributed by atoms with van der Waals surface area (Å²) in [5, 5.41) is 34.4. The second kappa shape index (κ2) is 14.8. The Balaban J connectivity index is 1.07. The number of nitrogens with one attached hydrogen (secondary N) is 2. The van der Waals surface area contributed by atoms with Crippen molar-refractivity contribution in [2.75, 3.05) is 16.8 Å². The number of aryl methyl sites for hydroxylation is 2. The maximum absolute atomic E-state index is 13.8. The molecular weight excluding hydrogens is 632 g/mol. The molecule has 7 rings (SSSR count). The smallest absolute Gasteiger partial charge is 0.323 e. The second-order valence-electron chi connectivity index (χ2n) is 12.8. The largest absolute Gasteiger partial charge is 0.356 e. The highest BCUT2D eigenvalue weighted by Crippen LogP contribution is 2.32. The third-order valence-corrected chi connectivity index (χ3v) is 9.24. The fraction of sp³-hybridized carbons (Fsp3) is 0.389. The molecule has 2 fully saturated rings. The van der Waals surface area contributed by atoms with E-state index in [0.29, 0.717) is 41.9 Å². The molecular formula is C36H40N12O2. The minimum Gasteiger partial charge on any atom is -0.356 e. The van der Waals surface area contributed by atoms with Gasteiger partial charge < -0.3 is 15.4 Å². The van der Waals surface area contributed by atoms with Crippen LogP contribution in [-0.4, -0.2) is 64.4 Å². The normalized spacial score (nSPS) is 19.0. The molecule has 14 heteroatoms. The van der Waals surface area contributed by atoms with Gasteiger partial charge in [-0.05, 0) is 75.6 Å². The van der Waals surface area contributed by atoms with Crippen LogP contribution < -0.4 is 15.5 Å². The van der Waals surface area contributed by atoms with Crippen LogP contribution >= 0.6 is 0 Å². The van der Waals surface area contributed by atoms with Crippen LogP contribution in [-0.2, 0) is 18.3 Å². The van der Waals surface area contributed by atoms with Gasteiger partial charge in [0.05, 0.1) is 35.0 Å². The Bertz CT molecular complexity index is 1950. The molecule has 1 saturated heterocycles. The molecule has 0 bridgehead atoms. The number of urea groups is 1. The van der Waals surface area contributed by atoms with Crippen LogP contribution in [0.1, 0.15) is 68.0 Å². The van der Waals surface area contributed by atoms with Gasteiger partial charge in [-0.2, -0.15) is 15.5 Å². The second-order valence-corrected chi connectivity index (χ2v) is 12.8. The minimum absolute atomic E-state index is 0.0774. The molecule has 5 aromatic rings. The van der Waals surface area contributed by atoms with Crippen LogP contribution in [0, 0.1) is 18.3 Å². The monoisotopic (exact) mass is 672 g/mol. The number of rotatable bonds is 9. The van der Waals surface area contributed by atoms with Gasteiger partial charge in [-0.1, -0.05) is 30.3 Å². The van der Waals surface area contributed by atoms with Crippen molar-refractivity contribution >= 4 is 17.8 Å². The Hall–Kier alpha value is -5.68. The van der Waals surface area contributed by atoms with Gasteiger partial charge in [0.25, 0.3) is 0 Å². The number of carbonyl (C=O) groups excluding carboxylic acids is 1. The summed E-state index contributed by atoms with van der Waals surface area (Å²) in [6, 6.07) is 17.5. The molecule has 1 aromatic carbocycles. The first kappa shape index (κ1) is 32.8. The molecule has 5 heterocycles. The van der Waals surface area contributed by atoms with Gasteiger partial charge >= 0.3 is 6.03 Å². The maximum atomic E-state index is 13.8. The molecule has 1 saturated carbocycles. The fourth-order valence-corrected chi connectivity index (χ4v) is 6.70. The number of anilines is 2. The lowest BCUT2D eigenvalue weighted by molar-refractivity contribution is -0.0385. The predicted octanol–water partition coefficient (Wildman–Crippen LogP) is 5.55. The Morgan fingerprint density at radius 1 is 1.06 bits per heavy atom. The van der Waals surface area contributed by atoms with E-state index in [9.17, 15) is 10.1 Å². The van der Waals surface area contributed by atoms with Crippen molar-refractivity contribution in [3.8, 4) is 28.7 Å². The van der Waals surface area contributed by atoms with E-state index >= 15 is 0 Å². The van der Waals surface area contributed by atoms with Crippen molar-refractivity contribution in [3.05, 3.63) is 83.9 Å². The predicted molar refractivity (Wildman–Crippen MR) is 187 cm³/mol. The first-order chi connectivity index (χ1) is 24.4. The average molecular weight is 673 g/mol. The van der Waals surface area contributed by atoms with E-state index in [1.54, 1.807) is 22.0 Å². The van der Waals surface area contributed by atoms with Gasteiger partial charge in [0.15, 0.2) is 12.0 Å². The van der Waals surface area contributed by atoms with E-state index < -0.39 is 0 Å². The van der Waals surface area contributed by atoms with Crippen LogP contribution in [0.2, 0.25) is 0 Å². The van der Waals surface area contributed by atoms with Gasteiger partial charge in [0.2, 0.25) is 5.95 Å². The van der Waals surface area contributed by atoms with Crippen molar-refractivity contribution in [1.29, 1.82) is 5.26 Å². The quantitative estimate of drug-likeness (QED) is 0.203. The minimum atomic E-state index is -0.220. The molecule has 2 amide bonds. The molecule has 0 radical (unpaired) electrons. The SMILES string of the molecule is Cc1cc(-c2nc(N[C@H]3CC[C@H](N(C(=O)NCc4ccccc4)c4ccc(-c5cnn(C)c5)nn4)CC3)ncc2C#N)n(C2CCCCO2)n1. The third kappa shape index (κ3) is 7.32. The molecule has 1 aliphatic carbocycles. The van der Waals surface area contributed by atoms with Gasteiger partial charge in [0.1, 0.15) is 11.8 Å². The number of hydrogen-bond acceptors (Lipinski definition) is 10. The molecule has 1 aliphatic heterocycles. The number of benzene rings is 1. The first-order valence-electron chi connectivity index (χ1n) is 17.1. The standard InChI is InChI=1S/C36H40N12O2/c1-24-18-31(48(45-24)33-10-6-7-17-50-33)34-26(19-37)21-38-35(42-34)41-28-11-13-29(14-12-28)47(36(49)39-20-25-8-4-3-5-9-25)32-16-15-30(43-44-32)27-22-40-46(2)23-27/h3-5,8-9,15-16,18,21-23,28-29,33H,6-7,10-14,17,20H2,1-2H3,(H,39,49)(H,38,41,42)/t28-,29-,33?. The molecule has 256 valence electrons. The summed E-state index contributed by atoms with van der Waals surface area (Å²) in [5.41, 5.74) is 5.04. The first-order valence-corrected chi connectivity index (χ1v) is 17.1. The summed E-state index contributed by atoms with van der Waals surface area (Å²) in [6.07, 6.45) is 11.0. The van der Waals surface area contributed by atoms with E-state index in [2.05, 4.69) is 37.0 Å². The van der Waals surface area contributed by atoms with Gasteiger partial charge in [0, 0.05) is 44.0 Å². The zero-order valence-corrected chi connectivity index (χ0v) is 28.2. The van der Waals surface area contributed by atoms with Crippen LogP contribution in [0.4, 0.5) is 16.6 Å². The Morgan fingerprint density at radius 2 is 1.90 bits per heavy atom. The van der Waals surface area contributed by atoms with Gasteiger partial charge in [-0.15, -0.1) is 10.2 Å². The molecule has 0 spiro atoms. The summed E-state index contributed by atoms with van der Waals surface area (Å²) in [6.45, 7) is 3.01. The summed E-state index contributed by atoms with van der Waals surface area (Å²) < 4.78 is 9.59. The maximum Gasteiger partial charge on any atom is 0.323 e. The lowest BCUT2D eigenvalue weighted by atomic mass is 9.90. The topological polar surface area (TPSA) is 165 Å². The van der Waals surface area contributed by atoms with E-state index in [-0.39, 0.29) is 24.3 Å². The van der Waals surface area contributed by atoms with Crippen LogP contribution in [0.25, 0.3) is 22.6 Å². The summed E-state index contributed by atoms with van der Waals surface area (Å²) in [7, 11) is 1.85. The number of aromatic nitrogens is 8. The van der Waals surface area contributed by atoms with Crippen molar-refractivity contribution in [2.45, 2.75) is 76.7 Å². The molecule has 1 unspecified atom stereocenters. The van der Waals surface area contributed by atoms with Crippen LogP contribution in [0.3, 0.4) is 0 Å². The lowest BCUT2D eigenvalue weighted by Crippen LogP contribution is -2.49. The van der Waals surface area contributed by atoms with Crippen LogP contribution in [0.15, 0.2) is 67.1 Å². The van der Waals surface area contributed by atoms with Crippen LogP contribution in [0.5, 0.6) is 0 Å². The number of carbonyl (C=O) groups is 1. The summed E-state index contributed by atoms with van der Waals surface area (Å²) >= 11 is 0. The highest BCUT2D eigenvalue weighted by molar-refractivity contribution is 5.91. The van der Waals surface area contributed by atoms with Crippen molar-refractivity contribution < 1.29 is 9.53 Å². The van der Waals surface area contributed by atoms with Gasteiger partial charge in [-0.25, -0.2) is 19.4 Å². The van der Waals surface area contributed by atoms with E-state index in [0.717, 1.165) is 67.5 Å². The Labute approximate surface area is 290 Å². The molecule has 2 aliphatic rings. The summed E-state index contributed by atoms with van der Waals surface area (Å²) in [5.74, 6) is 0.945. The third-order valence-electron chi connectivity index (χ3n) is 9.24. The molecule has 50 heavy (non-hydrogen) atoms.